The van der Waals surface area contributed by atoms with Gasteiger partial charge in [-0.3, -0.25) is 4.79 Å². The van der Waals surface area contributed by atoms with Gasteiger partial charge in [-0.25, -0.2) is 14.8 Å². The SMILES string of the molecule is COC(=O)c1ccccc1Nc1nc(C)cc(C(=O)Nc2cccc(OC)c2)n1. The normalized spacial score (nSPS) is 10.2. The van der Waals surface area contributed by atoms with Gasteiger partial charge in [-0.2, -0.15) is 0 Å². The molecular weight excluding hydrogens is 372 g/mol. The Morgan fingerprint density at radius 1 is 0.966 bits per heavy atom. The number of carbonyl (C=O) groups excluding carboxylic acids is 2. The summed E-state index contributed by atoms with van der Waals surface area (Å²) in [7, 11) is 2.86. The molecule has 0 aliphatic heterocycles. The molecule has 0 aliphatic carbocycles. The second kappa shape index (κ2) is 8.83. The molecule has 0 fully saturated rings. The largest absolute Gasteiger partial charge is 0.497 e. The van der Waals surface area contributed by atoms with Gasteiger partial charge in [0.2, 0.25) is 5.95 Å². The molecule has 1 amide bonds. The average molecular weight is 392 g/mol. The summed E-state index contributed by atoms with van der Waals surface area (Å²) in [6.45, 7) is 1.75. The van der Waals surface area contributed by atoms with Crippen molar-refractivity contribution in [3.05, 3.63) is 71.5 Å². The third-order valence-corrected chi connectivity index (χ3v) is 3.99. The van der Waals surface area contributed by atoms with Crippen LogP contribution in [0.25, 0.3) is 0 Å². The van der Waals surface area contributed by atoms with Crippen molar-refractivity contribution >= 4 is 29.2 Å². The first-order valence-corrected chi connectivity index (χ1v) is 8.75. The van der Waals surface area contributed by atoms with Crippen LogP contribution in [0, 0.1) is 6.92 Å². The van der Waals surface area contributed by atoms with E-state index >= 15 is 0 Å². The molecule has 0 atom stereocenters. The summed E-state index contributed by atoms with van der Waals surface area (Å²) in [4.78, 5) is 33.2. The van der Waals surface area contributed by atoms with Crippen molar-refractivity contribution in [2.75, 3.05) is 24.9 Å². The Balaban J connectivity index is 1.85. The van der Waals surface area contributed by atoms with Gasteiger partial charge in [-0.15, -0.1) is 0 Å². The van der Waals surface area contributed by atoms with Gasteiger partial charge >= 0.3 is 5.97 Å². The van der Waals surface area contributed by atoms with Gasteiger partial charge in [0, 0.05) is 17.4 Å². The summed E-state index contributed by atoms with van der Waals surface area (Å²) < 4.78 is 9.95. The van der Waals surface area contributed by atoms with E-state index in [-0.39, 0.29) is 11.6 Å². The van der Waals surface area contributed by atoms with Crippen LogP contribution in [0.2, 0.25) is 0 Å². The van der Waals surface area contributed by atoms with Crippen LogP contribution in [0.4, 0.5) is 17.3 Å². The van der Waals surface area contributed by atoms with Crippen molar-refractivity contribution in [1.29, 1.82) is 0 Å². The Labute approximate surface area is 167 Å². The lowest BCUT2D eigenvalue weighted by Gasteiger charge is -2.11. The van der Waals surface area contributed by atoms with E-state index in [1.54, 1.807) is 68.6 Å². The fourth-order valence-corrected chi connectivity index (χ4v) is 2.64. The smallest absolute Gasteiger partial charge is 0.339 e. The Morgan fingerprint density at radius 3 is 2.52 bits per heavy atom. The van der Waals surface area contributed by atoms with Crippen molar-refractivity contribution in [3.63, 3.8) is 0 Å². The van der Waals surface area contributed by atoms with Crippen LogP contribution in [0.5, 0.6) is 5.75 Å². The highest BCUT2D eigenvalue weighted by atomic mass is 16.5. The topological polar surface area (TPSA) is 102 Å². The number of amides is 1. The second-order valence-electron chi connectivity index (χ2n) is 6.07. The molecule has 8 nitrogen and oxygen atoms in total. The Morgan fingerprint density at radius 2 is 1.76 bits per heavy atom. The summed E-state index contributed by atoms with van der Waals surface area (Å²) in [5, 5.41) is 5.76. The monoisotopic (exact) mass is 392 g/mol. The molecule has 29 heavy (non-hydrogen) atoms. The molecular formula is C21H20N4O4. The van der Waals surface area contributed by atoms with Gasteiger partial charge in [0.25, 0.3) is 5.91 Å². The number of carbonyl (C=O) groups is 2. The van der Waals surface area contributed by atoms with Crippen LogP contribution in [-0.4, -0.2) is 36.1 Å². The Kier molecular flexibility index (Phi) is 6.03. The Hall–Kier alpha value is -3.94. The van der Waals surface area contributed by atoms with Crippen molar-refractivity contribution in [2.24, 2.45) is 0 Å². The van der Waals surface area contributed by atoms with Crippen LogP contribution in [0.1, 0.15) is 26.5 Å². The summed E-state index contributed by atoms with van der Waals surface area (Å²) in [6.07, 6.45) is 0. The summed E-state index contributed by atoms with van der Waals surface area (Å²) in [5.41, 5.74) is 2.16. The van der Waals surface area contributed by atoms with E-state index in [0.717, 1.165) is 0 Å². The van der Waals surface area contributed by atoms with E-state index in [0.29, 0.717) is 28.4 Å². The van der Waals surface area contributed by atoms with Gasteiger partial charge in [-0.1, -0.05) is 18.2 Å². The number of aryl methyl sites for hydroxylation is 1. The molecule has 0 spiro atoms. The number of benzene rings is 2. The lowest BCUT2D eigenvalue weighted by molar-refractivity contribution is 0.0601. The molecule has 0 radical (unpaired) electrons. The van der Waals surface area contributed by atoms with E-state index in [2.05, 4.69) is 20.6 Å². The van der Waals surface area contributed by atoms with E-state index in [9.17, 15) is 9.59 Å². The zero-order valence-electron chi connectivity index (χ0n) is 16.2. The number of rotatable bonds is 6. The zero-order valence-corrected chi connectivity index (χ0v) is 16.2. The van der Waals surface area contributed by atoms with E-state index in [1.165, 1.54) is 7.11 Å². The highest BCUT2D eigenvalue weighted by molar-refractivity contribution is 6.03. The fraction of sp³-hybridized carbons (Fsp3) is 0.143. The first kappa shape index (κ1) is 19.8. The molecule has 148 valence electrons. The molecule has 0 bridgehead atoms. The highest BCUT2D eigenvalue weighted by Gasteiger charge is 2.15. The van der Waals surface area contributed by atoms with Gasteiger partial charge in [0.1, 0.15) is 11.4 Å². The number of hydrogen-bond donors (Lipinski definition) is 2. The fourth-order valence-electron chi connectivity index (χ4n) is 2.64. The quantitative estimate of drug-likeness (QED) is 0.618. The van der Waals surface area contributed by atoms with Crippen LogP contribution in [0.15, 0.2) is 54.6 Å². The maximum absolute atomic E-state index is 12.6. The zero-order chi connectivity index (χ0) is 20.8. The van der Waals surface area contributed by atoms with Gasteiger partial charge < -0.3 is 20.1 Å². The summed E-state index contributed by atoms with van der Waals surface area (Å²) in [6, 6.07) is 15.4. The third kappa shape index (κ3) is 4.86. The van der Waals surface area contributed by atoms with E-state index in [4.69, 9.17) is 9.47 Å². The van der Waals surface area contributed by atoms with Crippen LogP contribution >= 0.6 is 0 Å². The molecule has 3 aromatic rings. The number of methoxy groups -OCH3 is 2. The number of esters is 1. The minimum absolute atomic E-state index is 0.179. The highest BCUT2D eigenvalue weighted by Crippen LogP contribution is 2.21. The number of ether oxygens (including phenoxy) is 2. The number of aromatic nitrogens is 2. The first-order valence-electron chi connectivity index (χ1n) is 8.75. The standard InChI is InChI=1S/C21H20N4O4/c1-13-11-18(19(26)23-14-7-6-8-15(12-14)28-2)25-21(22-13)24-17-10-5-4-9-16(17)20(27)29-3/h4-12H,1-3H3,(H,23,26)(H,22,24,25). The molecule has 2 aromatic carbocycles. The molecule has 3 rings (SSSR count). The molecule has 0 aliphatic rings. The maximum Gasteiger partial charge on any atom is 0.339 e. The number of hydrogen-bond acceptors (Lipinski definition) is 7. The van der Waals surface area contributed by atoms with Gasteiger partial charge in [-0.05, 0) is 37.3 Å². The summed E-state index contributed by atoms with van der Waals surface area (Å²) in [5.74, 6) is -0.0645. The van der Waals surface area contributed by atoms with Crippen molar-refractivity contribution in [1.82, 2.24) is 9.97 Å². The second-order valence-corrected chi connectivity index (χ2v) is 6.07. The maximum atomic E-state index is 12.6. The van der Waals surface area contributed by atoms with Gasteiger partial charge in [0.15, 0.2) is 0 Å². The van der Waals surface area contributed by atoms with Gasteiger partial charge in [0.05, 0.1) is 25.5 Å². The molecule has 0 unspecified atom stereocenters. The van der Waals surface area contributed by atoms with Crippen molar-refractivity contribution in [3.8, 4) is 5.75 Å². The molecule has 2 N–H and O–H groups in total. The summed E-state index contributed by atoms with van der Waals surface area (Å²) >= 11 is 0. The molecule has 8 heteroatoms. The first-order chi connectivity index (χ1) is 14.0. The van der Waals surface area contributed by atoms with Crippen LogP contribution < -0.4 is 15.4 Å². The number of anilines is 3. The molecule has 1 heterocycles. The van der Waals surface area contributed by atoms with E-state index < -0.39 is 11.9 Å². The molecule has 1 aromatic heterocycles. The lowest BCUT2D eigenvalue weighted by atomic mass is 10.2. The van der Waals surface area contributed by atoms with Crippen LogP contribution in [0.3, 0.4) is 0 Å². The third-order valence-electron chi connectivity index (χ3n) is 3.99. The lowest BCUT2D eigenvalue weighted by Crippen LogP contribution is -2.16. The number of para-hydroxylation sites is 1. The number of nitrogens with zero attached hydrogens (tertiary/aromatic N) is 2. The molecule has 0 saturated carbocycles. The van der Waals surface area contributed by atoms with Crippen molar-refractivity contribution < 1.29 is 19.1 Å². The van der Waals surface area contributed by atoms with E-state index in [1.807, 2.05) is 0 Å². The predicted molar refractivity (Wildman–Crippen MR) is 109 cm³/mol. The average Bonchev–Trinajstić information content (AvgIpc) is 2.73. The van der Waals surface area contributed by atoms with Crippen molar-refractivity contribution in [2.45, 2.75) is 6.92 Å². The predicted octanol–water partition coefficient (Wildman–Crippen LogP) is 3.58. The Bertz CT molecular complexity index is 1050. The minimum atomic E-state index is -0.489. The number of nitrogens with one attached hydrogen (secondary N) is 2. The minimum Gasteiger partial charge on any atom is -0.497 e. The van der Waals surface area contributed by atoms with Crippen LogP contribution in [-0.2, 0) is 4.74 Å². The molecule has 0 saturated heterocycles.